The Hall–Kier alpha value is -2.07. The number of benzene rings is 1. The van der Waals surface area contributed by atoms with Gasteiger partial charge in [0.2, 0.25) is 5.88 Å². The van der Waals surface area contributed by atoms with Gasteiger partial charge in [0.25, 0.3) is 0 Å². The van der Waals surface area contributed by atoms with Crippen LogP contribution < -0.4 is 4.74 Å². The number of carbonyl (C=O) groups is 1. The van der Waals surface area contributed by atoms with Crippen LogP contribution in [0.2, 0.25) is 5.02 Å². The molecule has 28 heavy (non-hydrogen) atoms. The van der Waals surface area contributed by atoms with E-state index in [-0.39, 0.29) is 5.78 Å². The Kier molecular flexibility index (Phi) is 7.48. The minimum Gasteiger partial charge on any atom is -0.477 e. The van der Waals surface area contributed by atoms with Gasteiger partial charge in [-0.3, -0.25) is 4.79 Å². The Labute approximate surface area is 173 Å². The number of hydrogen-bond acceptors (Lipinski definition) is 3. The molecule has 0 saturated carbocycles. The topological polar surface area (TPSA) is 44.1 Å². The van der Waals surface area contributed by atoms with E-state index in [1.54, 1.807) is 23.0 Å². The lowest BCUT2D eigenvalue weighted by Gasteiger charge is -2.15. The Morgan fingerprint density at radius 1 is 1.21 bits per heavy atom. The average molecular weight is 403 g/mol. The van der Waals surface area contributed by atoms with Crippen LogP contribution in [0.5, 0.6) is 5.88 Å². The Morgan fingerprint density at radius 3 is 2.46 bits per heavy atom. The second kappa shape index (κ2) is 9.42. The van der Waals surface area contributed by atoms with Crippen molar-refractivity contribution < 1.29 is 9.53 Å². The molecule has 0 bridgehead atoms. The molecule has 1 aromatic carbocycles. The molecule has 0 aliphatic heterocycles. The maximum absolute atomic E-state index is 13.4. The molecule has 0 unspecified atom stereocenters. The van der Waals surface area contributed by atoms with Crippen molar-refractivity contribution in [2.24, 2.45) is 5.92 Å². The van der Waals surface area contributed by atoms with E-state index in [0.717, 1.165) is 23.1 Å². The predicted octanol–water partition coefficient (Wildman–Crippen LogP) is 6.33. The van der Waals surface area contributed by atoms with E-state index in [0.29, 0.717) is 41.1 Å². The van der Waals surface area contributed by atoms with Crippen molar-refractivity contribution in [3.8, 4) is 5.88 Å². The van der Waals surface area contributed by atoms with Gasteiger partial charge < -0.3 is 4.74 Å². The summed E-state index contributed by atoms with van der Waals surface area (Å²) < 4.78 is 7.72. The third-order valence-corrected chi connectivity index (χ3v) is 5.12. The van der Waals surface area contributed by atoms with Gasteiger partial charge in [-0.15, -0.1) is 0 Å². The minimum atomic E-state index is -0.0851. The van der Waals surface area contributed by atoms with E-state index in [4.69, 9.17) is 16.3 Å². The highest BCUT2D eigenvalue weighted by molar-refractivity contribution is 6.32. The highest BCUT2D eigenvalue weighted by Gasteiger charge is 2.24. The summed E-state index contributed by atoms with van der Waals surface area (Å²) in [5.74, 6) is 0.865. The van der Waals surface area contributed by atoms with Gasteiger partial charge in [-0.1, -0.05) is 37.9 Å². The Morgan fingerprint density at radius 2 is 1.89 bits per heavy atom. The number of nitrogens with zero attached hydrogens (tertiary/aromatic N) is 2. The lowest BCUT2D eigenvalue weighted by molar-refractivity contribution is 0.103. The smallest absolute Gasteiger partial charge is 0.223 e. The summed E-state index contributed by atoms with van der Waals surface area (Å²) in [6.45, 7) is 15.6. The number of ketones is 1. The first kappa shape index (κ1) is 22.2. The number of ether oxygens (including phenoxy) is 1. The van der Waals surface area contributed by atoms with Gasteiger partial charge in [0.15, 0.2) is 5.78 Å². The normalized spacial score (nSPS) is 11.0. The summed E-state index contributed by atoms with van der Waals surface area (Å²) in [6.07, 6.45) is 2.49. The fourth-order valence-electron chi connectivity index (χ4n) is 3.14. The molecule has 4 nitrogen and oxygen atoms in total. The molecule has 0 aliphatic carbocycles. The summed E-state index contributed by atoms with van der Waals surface area (Å²) in [7, 11) is 0. The van der Waals surface area contributed by atoms with E-state index in [1.165, 1.54) is 5.57 Å². The zero-order chi connectivity index (χ0) is 21.0. The Bertz CT molecular complexity index is 890. The summed E-state index contributed by atoms with van der Waals surface area (Å²) in [5, 5.41) is 5.08. The molecule has 2 rings (SSSR count). The van der Waals surface area contributed by atoms with Crippen molar-refractivity contribution in [1.29, 1.82) is 0 Å². The van der Waals surface area contributed by atoms with Crippen molar-refractivity contribution in [2.45, 2.75) is 61.4 Å². The fourth-order valence-corrected chi connectivity index (χ4v) is 3.48. The number of rotatable bonds is 8. The zero-order valence-corrected chi connectivity index (χ0v) is 18.8. The third-order valence-electron chi connectivity index (χ3n) is 4.80. The van der Waals surface area contributed by atoms with E-state index < -0.39 is 0 Å². The van der Waals surface area contributed by atoms with Crippen LogP contribution in [0.15, 0.2) is 23.9 Å². The molecular weight excluding hydrogens is 372 g/mol. The monoisotopic (exact) mass is 402 g/mol. The van der Waals surface area contributed by atoms with Crippen LogP contribution in [-0.2, 0) is 6.54 Å². The first-order valence-corrected chi connectivity index (χ1v) is 10.2. The van der Waals surface area contributed by atoms with Crippen molar-refractivity contribution in [2.75, 3.05) is 6.61 Å². The first-order valence-electron chi connectivity index (χ1n) is 9.85. The van der Waals surface area contributed by atoms with E-state index in [2.05, 4.69) is 18.9 Å². The summed E-state index contributed by atoms with van der Waals surface area (Å²) in [5.41, 5.74) is 5.21. The van der Waals surface area contributed by atoms with Crippen LogP contribution in [0.4, 0.5) is 0 Å². The van der Waals surface area contributed by atoms with Crippen LogP contribution in [-0.4, -0.2) is 22.2 Å². The largest absolute Gasteiger partial charge is 0.477 e. The number of allylic oxidation sites excluding steroid dienone is 2. The molecule has 0 radical (unpaired) electrons. The number of hydrogen-bond donors (Lipinski definition) is 0. The quantitative estimate of drug-likeness (QED) is 0.484. The van der Waals surface area contributed by atoms with Crippen LogP contribution in [0.1, 0.15) is 75.0 Å². The average Bonchev–Trinajstić information content (AvgIpc) is 3.01. The van der Waals surface area contributed by atoms with Gasteiger partial charge in [-0.25, -0.2) is 4.68 Å². The van der Waals surface area contributed by atoms with Crippen LogP contribution in [0.3, 0.4) is 0 Å². The van der Waals surface area contributed by atoms with Crippen LogP contribution >= 0.6 is 11.6 Å². The highest BCUT2D eigenvalue weighted by Crippen LogP contribution is 2.33. The minimum absolute atomic E-state index is 0.0851. The molecule has 0 atom stereocenters. The zero-order valence-electron chi connectivity index (χ0n) is 18.0. The van der Waals surface area contributed by atoms with E-state index >= 15 is 0 Å². The Balaban J connectivity index is 2.56. The van der Waals surface area contributed by atoms with E-state index in [9.17, 15) is 4.79 Å². The maximum atomic E-state index is 13.4. The molecule has 0 spiro atoms. The standard InChI is InChI=1S/C23H31ClN2O2/c1-8-11-28-23-19(12-25-26(23)13-14(2)3)22(27)18-9-10-20(24)21(17(18)7)16(6)15(4)5/h9-10,12,14H,8,11,13H2,1-7H3. The molecule has 1 aromatic heterocycles. The molecule has 0 saturated heterocycles. The third kappa shape index (κ3) is 4.67. The molecule has 0 fully saturated rings. The molecule has 152 valence electrons. The molecule has 0 N–H and O–H groups in total. The summed E-state index contributed by atoms with van der Waals surface area (Å²) in [4.78, 5) is 13.4. The molecule has 0 amide bonds. The maximum Gasteiger partial charge on any atom is 0.223 e. The van der Waals surface area contributed by atoms with Crippen LogP contribution in [0.25, 0.3) is 5.57 Å². The number of aromatic nitrogens is 2. The number of halogens is 1. The SMILES string of the molecule is CCCOc1c(C(=O)c2ccc(Cl)c(C(C)=C(C)C)c2C)cnn1CC(C)C. The van der Waals surface area contributed by atoms with Crippen molar-refractivity contribution in [1.82, 2.24) is 9.78 Å². The van der Waals surface area contributed by atoms with Gasteiger partial charge in [-0.05, 0) is 68.9 Å². The fraction of sp³-hybridized carbons (Fsp3) is 0.478. The van der Waals surface area contributed by atoms with Gasteiger partial charge in [0.1, 0.15) is 5.56 Å². The number of carbonyl (C=O) groups excluding carboxylic acids is 1. The second-order valence-corrected chi connectivity index (χ2v) is 8.24. The lowest BCUT2D eigenvalue weighted by Crippen LogP contribution is -2.12. The first-order chi connectivity index (χ1) is 13.2. The predicted molar refractivity (Wildman–Crippen MR) is 116 cm³/mol. The van der Waals surface area contributed by atoms with Crippen molar-refractivity contribution in [3.05, 3.63) is 51.2 Å². The molecule has 0 aliphatic rings. The molecule has 5 heteroatoms. The van der Waals surface area contributed by atoms with E-state index in [1.807, 2.05) is 34.6 Å². The van der Waals surface area contributed by atoms with Gasteiger partial charge in [-0.2, -0.15) is 5.10 Å². The van der Waals surface area contributed by atoms with Crippen molar-refractivity contribution in [3.63, 3.8) is 0 Å². The van der Waals surface area contributed by atoms with Gasteiger partial charge >= 0.3 is 0 Å². The van der Waals surface area contributed by atoms with Gasteiger partial charge in [0.05, 0.1) is 12.8 Å². The highest BCUT2D eigenvalue weighted by atomic mass is 35.5. The molecule has 1 heterocycles. The molecule has 2 aromatic rings. The molecular formula is C23H31ClN2O2. The second-order valence-electron chi connectivity index (χ2n) is 7.84. The lowest BCUT2D eigenvalue weighted by atomic mass is 9.92. The van der Waals surface area contributed by atoms with Gasteiger partial charge in [0, 0.05) is 17.1 Å². The van der Waals surface area contributed by atoms with Crippen LogP contribution in [0, 0.1) is 12.8 Å². The summed E-state index contributed by atoms with van der Waals surface area (Å²) >= 11 is 6.47. The summed E-state index contributed by atoms with van der Waals surface area (Å²) in [6, 6.07) is 3.60. The van der Waals surface area contributed by atoms with Crippen molar-refractivity contribution >= 4 is 23.0 Å².